The van der Waals surface area contributed by atoms with E-state index in [-0.39, 0.29) is 5.91 Å². The molecule has 1 amide bonds. The van der Waals surface area contributed by atoms with Crippen LogP contribution < -0.4 is 20.1 Å². The lowest BCUT2D eigenvalue weighted by atomic mass is 9.95. The zero-order chi connectivity index (χ0) is 29.1. The molecule has 0 radical (unpaired) electrons. The van der Waals surface area contributed by atoms with E-state index < -0.39 is 0 Å². The summed E-state index contributed by atoms with van der Waals surface area (Å²) in [6, 6.07) is 19.1. The summed E-state index contributed by atoms with van der Waals surface area (Å²) in [4.78, 5) is 17.5. The van der Waals surface area contributed by atoms with Crippen LogP contribution in [-0.2, 0) is 13.6 Å². The van der Waals surface area contributed by atoms with Gasteiger partial charge in [-0.2, -0.15) is 10.2 Å². The van der Waals surface area contributed by atoms with Crippen molar-refractivity contribution in [3.63, 3.8) is 0 Å². The predicted molar refractivity (Wildman–Crippen MR) is 163 cm³/mol. The van der Waals surface area contributed by atoms with Gasteiger partial charge in [0.15, 0.2) is 17.3 Å². The molecule has 0 aliphatic heterocycles. The Balaban J connectivity index is 1.27. The Labute approximate surface area is 244 Å². The van der Waals surface area contributed by atoms with E-state index in [0.717, 1.165) is 46.7 Å². The van der Waals surface area contributed by atoms with E-state index in [1.54, 1.807) is 42.3 Å². The van der Waals surface area contributed by atoms with E-state index in [1.165, 1.54) is 19.3 Å². The Bertz CT molecular complexity index is 1660. The predicted octanol–water partition coefficient (Wildman–Crippen LogP) is 6.32. The Kier molecular flexibility index (Phi) is 7.76. The number of methoxy groups -OCH3 is 1. The third-order valence-corrected chi connectivity index (χ3v) is 7.73. The number of ether oxygens (including phenoxy) is 2. The lowest BCUT2D eigenvalue weighted by molar-refractivity contribution is 0.102. The van der Waals surface area contributed by atoms with Crippen LogP contribution >= 0.6 is 0 Å². The molecule has 2 N–H and O–H groups in total. The molecule has 6 rings (SSSR count). The topological polar surface area (TPSA) is 108 Å². The first-order valence-corrected chi connectivity index (χ1v) is 14.3. The van der Waals surface area contributed by atoms with Crippen LogP contribution in [0.5, 0.6) is 17.2 Å². The molecule has 0 spiro atoms. The number of pyridine rings is 1. The number of nitrogens with zero attached hydrogens (tertiary/aromatic N) is 5. The highest BCUT2D eigenvalue weighted by molar-refractivity contribution is 6.03. The van der Waals surface area contributed by atoms with Gasteiger partial charge in [-0.05, 0) is 61.7 Å². The van der Waals surface area contributed by atoms with E-state index in [9.17, 15) is 4.79 Å². The summed E-state index contributed by atoms with van der Waals surface area (Å²) in [5.74, 6) is 3.14. The van der Waals surface area contributed by atoms with Gasteiger partial charge in [-0.3, -0.25) is 9.48 Å². The molecule has 10 heteroatoms. The molecule has 1 saturated carbocycles. The van der Waals surface area contributed by atoms with Crippen molar-refractivity contribution in [1.82, 2.24) is 24.5 Å². The standard InChI is InChI=1S/C32H35N7O3/c1-21-19-28(36-38(21)2)35-32(40)23-11-15-26(16-12-23)42-27-17-18-33-31-29(27)30(34-24-7-5-4-6-8-24)37-39(31)20-22-9-13-25(41-3)14-10-22/h9-19,24H,4-8,20H2,1-3H3,(H,34,37)(H,35,36,40). The molecule has 0 atom stereocenters. The number of hydrogen-bond donors (Lipinski definition) is 2. The van der Waals surface area contributed by atoms with Gasteiger partial charge in [-0.25, -0.2) is 9.67 Å². The summed E-state index contributed by atoms with van der Waals surface area (Å²) < 4.78 is 15.3. The number of aromatic nitrogens is 5. The Morgan fingerprint density at radius 3 is 2.40 bits per heavy atom. The van der Waals surface area contributed by atoms with Gasteiger partial charge in [0, 0.05) is 42.7 Å². The van der Waals surface area contributed by atoms with E-state index >= 15 is 0 Å². The number of benzene rings is 2. The maximum Gasteiger partial charge on any atom is 0.256 e. The van der Waals surface area contributed by atoms with E-state index in [4.69, 9.17) is 19.6 Å². The average molecular weight is 566 g/mol. The van der Waals surface area contributed by atoms with Crippen molar-refractivity contribution < 1.29 is 14.3 Å². The number of anilines is 2. The van der Waals surface area contributed by atoms with Crippen molar-refractivity contribution in [2.24, 2.45) is 7.05 Å². The minimum atomic E-state index is -0.232. The molecule has 10 nitrogen and oxygen atoms in total. The number of hydrogen-bond acceptors (Lipinski definition) is 7. The molecule has 0 bridgehead atoms. The van der Waals surface area contributed by atoms with Gasteiger partial charge in [0.1, 0.15) is 22.6 Å². The summed E-state index contributed by atoms with van der Waals surface area (Å²) in [5.41, 5.74) is 3.30. The minimum absolute atomic E-state index is 0.232. The van der Waals surface area contributed by atoms with Crippen molar-refractivity contribution in [3.8, 4) is 17.2 Å². The van der Waals surface area contributed by atoms with Crippen LogP contribution in [-0.4, -0.2) is 43.6 Å². The normalized spacial score (nSPS) is 13.7. The second kappa shape index (κ2) is 11.9. The number of nitrogens with one attached hydrogen (secondary N) is 2. The monoisotopic (exact) mass is 565 g/mol. The second-order valence-corrected chi connectivity index (χ2v) is 10.7. The van der Waals surface area contributed by atoms with Crippen molar-refractivity contribution in [3.05, 3.63) is 83.7 Å². The molecule has 3 aromatic heterocycles. The molecule has 1 aliphatic rings. The minimum Gasteiger partial charge on any atom is -0.497 e. The van der Waals surface area contributed by atoms with Gasteiger partial charge in [0.25, 0.3) is 5.91 Å². The maximum atomic E-state index is 12.8. The lowest BCUT2D eigenvalue weighted by Gasteiger charge is -2.22. The van der Waals surface area contributed by atoms with Crippen LogP contribution in [0.4, 0.5) is 11.6 Å². The SMILES string of the molecule is COc1ccc(Cn2nc(NC3CCCCC3)c3c(Oc4ccc(C(=O)Nc5cc(C)n(C)n5)cc4)ccnc32)cc1. The number of carbonyl (C=O) groups excluding carboxylic acids is 1. The van der Waals surface area contributed by atoms with Crippen molar-refractivity contribution in [1.29, 1.82) is 0 Å². The van der Waals surface area contributed by atoms with Gasteiger partial charge < -0.3 is 20.1 Å². The lowest BCUT2D eigenvalue weighted by Crippen LogP contribution is -2.22. The number of carbonyl (C=O) groups is 1. The van der Waals surface area contributed by atoms with Crippen LogP contribution in [0.15, 0.2) is 66.9 Å². The molecule has 216 valence electrons. The zero-order valence-electron chi connectivity index (χ0n) is 24.1. The second-order valence-electron chi connectivity index (χ2n) is 10.7. The third-order valence-electron chi connectivity index (χ3n) is 7.73. The van der Waals surface area contributed by atoms with E-state index in [1.807, 2.05) is 55.1 Å². The van der Waals surface area contributed by atoms with Gasteiger partial charge in [-0.15, -0.1) is 0 Å². The van der Waals surface area contributed by atoms with Gasteiger partial charge in [0.2, 0.25) is 0 Å². The average Bonchev–Trinajstić information content (AvgIpc) is 3.52. The first-order valence-electron chi connectivity index (χ1n) is 14.3. The molecule has 1 aliphatic carbocycles. The van der Waals surface area contributed by atoms with Crippen LogP contribution in [0.3, 0.4) is 0 Å². The summed E-state index contributed by atoms with van der Waals surface area (Å²) in [5, 5.41) is 16.7. The Hall–Kier alpha value is -4.86. The zero-order valence-corrected chi connectivity index (χ0v) is 24.1. The first kappa shape index (κ1) is 27.3. The van der Waals surface area contributed by atoms with E-state index in [0.29, 0.717) is 35.5 Å². The highest BCUT2D eigenvalue weighted by atomic mass is 16.5. The first-order chi connectivity index (χ1) is 20.5. The van der Waals surface area contributed by atoms with Gasteiger partial charge in [0.05, 0.1) is 13.7 Å². The molecule has 0 saturated heterocycles. The molecule has 3 heterocycles. The maximum absolute atomic E-state index is 12.8. The highest BCUT2D eigenvalue weighted by Gasteiger charge is 2.21. The molecular weight excluding hydrogens is 530 g/mol. The van der Waals surface area contributed by atoms with Crippen molar-refractivity contribution in [2.75, 3.05) is 17.7 Å². The Morgan fingerprint density at radius 2 is 1.71 bits per heavy atom. The fourth-order valence-corrected chi connectivity index (χ4v) is 5.32. The number of rotatable bonds is 9. The number of fused-ring (bicyclic) bond motifs is 1. The quantitative estimate of drug-likeness (QED) is 0.215. The molecule has 2 aromatic carbocycles. The summed E-state index contributed by atoms with van der Waals surface area (Å²) >= 11 is 0. The van der Waals surface area contributed by atoms with Crippen LogP contribution in [0, 0.1) is 6.92 Å². The number of aryl methyl sites for hydroxylation is 2. The van der Waals surface area contributed by atoms with Crippen molar-refractivity contribution in [2.45, 2.75) is 51.6 Å². The highest BCUT2D eigenvalue weighted by Crippen LogP contribution is 2.36. The molecule has 5 aromatic rings. The van der Waals surface area contributed by atoms with Gasteiger partial charge in [-0.1, -0.05) is 31.4 Å². The molecular formula is C32H35N7O3. The molecule has 0 unspecified atom stereocenters. The van der Waals surface area contributed by atoms with Crippen LogP contribution in [0.1, 0.15) is 53.7 Å². The molecule has 1 fully saturated rings. The fourth-order valence-electron chi connectivity index (χ4n) is 5.32. The number of amides is 1. The molecule has 42 heavy (non-hydrogen) atoms. The van der Waals surface area contributed by atoms with Gasteiger partial charge >= 0.3 is 0 Å². The summed E-state index contributed by atoms with van der Waals surface area (Å²) in [7, 11) is 3.50. The van der Waals surface area contributed by atoms with Crippen LogP contribution in [0.25, 0.3) is 11.0 Å². The fraction of sp³-hybridized carbons (Fsp3) is 0.312. The smallest absolute Gasteiger partial charge is 0.256 e. The largest absolute Gasteiger partial charge is 0.497 e. The Morgan fingerprint density at radius 1 is 0.976 bits per heavy atom. The third kappa shape index (κ3) is 5.93. The summed E-state index contributed by atoms with van der Waals surface area (Å²) in [6.45, 7) is 2.49. The summed E-state index contributed by atoms with van der Waals surface area (Å²) in [6.07, 6.45) is 7.67. The van der Waals surface area contributed by atoms with Crippen LogP contribution in [0.2, 0.25) is 0 Å². The van der Waals surface area contributed by atoms with Crippen molar-refractivity contribution >= 4 is 28.6 Å². The van der Waals surface area contributed by atoms with E-state index in [2.05, 4.69) is 15.7 Å².